The molecule has 2 aromatic rings. The number of ether oxygens (including phenoxy) is 1. The van der Waals surface area contributed by atoms with E-state index in [1.807, 2.05) is 0 Å². The van der Waals surface area contributed by atoms with Crippen LogP contribution in [-0.4, -0.2) is 58.6 Å². The highest BCUT2D eigenvalue weighted by molar-refractivity contribution is 7.89. The van der Waals surface area contributed by atoms with Crippen LogP contribution < -0.4 is 4.72 Å². The van der Waals surface area contributed by atoms with E-state index in [2.05, 4.69) is 4.72 Å². The molecule has 1 saturated carbocycles. The third-order valence-electron chi connectivity index (χ3n) is 5.49. The maximum absolute atomic E-state index is 12.6. The van der Waals surface area contributed by atoms with E-state index < -0.39 is 38.4 Å². The quantitative estimate of drug-likeness (QED) is 0.419. The molecule has 0 aromatic heterocycles. The van der Waals surface area contributed by atoms with E-state index in [9.17, 15) is 26.4 Å². The maximum atomic E-state index is 12.6. The predicted octanol–water partition coefficient (Wildman–Crippen LogP) is 1.95. The van der Waals surface area contributed by atoms with Gasteiger partial charge in [-0.25, -0.2) is 26.4 Å². The first-order chi connectivity index (χ1) is 15.7. The smallest absolute Gasteiger partial charge is 0.338 e. The van der Waals surface area contributed by atoms with E-state index in [1.54, 1.807) is 0 Å². The zero-order chi connectivity index (χ0) is 23.6. The first-order valence-electron chi connectivity index (χ1n) is 10.6. The summed E-state index contributed by atoms with van der Waals surface area (Å²) in [6.07, 6.45) is 3.22. The molecule has 1 aliphatic carbocycles. The maximum Gasteiger partial charge on any atom is 0.338 e. The monoisotopic (exact) mass is 492 g/mol. The molecule has 11 heteroatoms. The number of ketones is 1. The molecule has 2 aromatic carbocycles. The molecule has 2 aliphatic rings. The molecule has 0 unspecified atom stereocenters. The topological polar surface area (TPSA) is 127 Å². The lowest BCUT2D eigenvalue weighted by molar-refractivity contribution is 0.0474. The minimum Gasteiger partial charge on any atom is -0.454 e. The van der Waals surface area contributed by atoms with Crippen LogP contribution in [0.5, 0.6) is 0 Å². The molecule has 1 aliphatic heterocycles. The molecule has 0 amide bonds. The highest BCUT2D eigenvalue weighted by Crippen LogP contribution is 2.23. The van der Waals surface area contributed by atoms with Crippen LogP contribution in [-0.2, 0) is 24.8 Å². The van der Waals surface area contributed by atoms with Gasteiger partial charge in [0.05, 0.1) is 15.4 Å². The number of esters is 1. The molecule has 33 heavy (non-hydrogen) atoms. The second kappa shape index (κ2) is 9.34. The number of rotatable bonds is 9. The Hall–Kier alpha value is -2.60. The first-order valence-corrected chi connectivity index (χ1v) is 13.5. The number of sulfonamides is 2. The van der Waals surface area contributed by atoms with Gasteiger partial charge in [-0.05, 0) is 68.1 Å². The summed E-state index contributed by atoms with van der Waals surface area (Å²) >= 11 is 0. The summed E-state index contributed by atoms with van der Waals surface area (Å²) in [5, 5.41) is 0. The average Bonchev–Trinajstić information content (AvgIpc) is 3.42. The Balaban J connectivity index is 1.37. The second-order valence-electron chi connectivity index (χ2n) is 8.06. The molecule has 176 valence electrons. The van der Waals surface area contributed by atoms with Crippen molar-refractivity contribution in [3.8, 4) is 0 Å². The Morgan fingerprint density at radius 2 is 1.58 bits per heavy atom. The van der Waals surface area contributed by atoms with Gasteiger partial charge in [0.1, 0.15) is 0 Å². The average molecular weight is 493 g/mol. The number of hydrogen-bond donors (Lipinski definition) is 1. The third-order valence-corrected chi connectivity index (χ3v) is 8.92. The van der Waals surface area contributed by atoms with Gasteiger partial charge >= 0.3 is 5.97 Å². The van der Waals surface area contributed by atoms with E-state index in [4.69, 9.17) is 4.74 Å². The van der Waals surface area contributed by atoms with Gasteiger partial charge < -0.3 is 4.74 Å². The van der Waals surface area contributed by atoms with E-state index in [0.29, 0.717) is 13.1 Å². The van der Waals surface area contributed by atoms with E-state index in [-0.39, 0.29) is 27.0 Å². The molecule has 0 spiro atoms. The van der Waals surface area contributed by atoms with Gasteiger partial charge in [-0.1, -0.05) is 6.07 Å². The fourth-order valence-corrected chi connectivity index (χ4v) is 6.33. The molecule has 9 nitrogen and oxygen atoms in total. The summed E-state index contributed by atoms with van der Waals surface area (Å²) in [6, 6.07) is 10.8. The lowest BCUT2D eigenvalue weighted by Gasteiger charge is -2.15. The minimum absolute atomic E-state index is 0.00789. The van der Waals surface area contributed by atoms with Gasteiger partial charge in [-0.2, -0.15) is 4.31 Å². The Bertz CT molecular complexity index is 1260. The van der Waals surface area contributed by atoms with Gasteiger partial charge in [-0.3, -0.25) is 4.79 Å². The number of carbonyl (C=O) groups is 2. The molecule has 1 N–H and O–H groups in total. The molecular weight excluding hydrogens is 468 g/mol. The van der Waals surface area contributed by atoms with E-state index in [0.717, 1.165) is 25.7 Å². The zero-order valence-electron chi connectivity index (χ0n) is 17.8. The molecule has 2 fully saturated rings. The van der Waals surface area contributed by atoms with Crippen LogP contribution in [0, 0.1) is 0 Å². The van der Waals surface area contributed by atoms with Crippen LogP contribution in [0.1, 0.15) is 46.4 Å². The molecule has 4 rings (SSSR count). The van der Waals surface area contributed by atoms with Gasteiger partial charge in [0.25, 0.3) is 0 Å². The van der Waals surface area contributed by atoms with Crippen LogP contribution in [0.4, 0.5) is 0 Å². The summed E-state index contributed by atoms with van der Waals surface area (Å²) in [4.78, 5) is 24.8. The van der Waals surface area contributed by atoms with Gasteiger partial charge in [0.15, 0.2) is 12.4 Å². The van der Waals surface area contributed by atoms with Crippen LogP contribution >= 0.6 is 0 Å². The number of benzene rings is 2. The standard InChI is InChI=1S/C22H24N2O7S2/c25-21(16-6-10-19(11-7-16)33(29,30)24-12-1-2-13-24)15-31-22(26)17-4-3-5-20(14-17)32(27,28)23-18-8-9-18/h3-7,10-11,14,18,23H,1-2,8-9,12-13,15H2. The fourth-order valence-electron chi connectivity index (χ4n) is 3.47. The number of hydrogen-bond acceptors (Lipinski definition) is 7. The van der Waals surface area contributed by atoms with Gasteiger partial charge in [-0.15, -0.1) is 0 Å². The molecular formula is C22H24N2O7S2. The van der Waals surface area contributed by atoms with Crippen LogP contribution in [0.3, 0.4) is 0 Å². The number of carbonyl (C=O) groups excluding carboxylic acids is 2. The van der Waals surface area contributed by atoms with Crippen molar-refractivity contribution >= 4 is 31.8 Å². The molecule has 1 saturated heterocycles. The van der Waals surface area contributed by atoms with Crippen molar-refractivity contribution in [2.45, 2.75) is 41.5 Å². The van der Waals surface area contributed by atoms with Crippen LogP contribution in [0.15, 0.2) is 58.3 Å². The highest BCUT2D eigenvalue weighted by Gasteiger charge is 2.29. The Morgan fingerprint density at radius 3 is 2.21 bits per heavy atom. The largest absolute Gasteiger partial charge is 0.454 e. The Kier molecular flexibility index (Phi) is 6.66. The first kappa shape index (κ1) is 23.6. The predicted molar refractivity (Wildman–Crippen MR) is 119 cm³/mol. The van der Waals surface area contributed by atoms with Crippen molar-refractivity contribution in [2.75, 3.05) is 19.7 Å². The van der Waals surface area contributed by atoms with E-state index >= 15 is 0 Å². The van der Waals surface area contributed by atoms with Crippen molar-refractivity contribution < 1.29 is 31.2 Å². The summed E-state index contributed by atoms with van der Waals surface area (Å²) in [6.45, 7) is 0.407. The Labute approximate surface area is 192 Å². The third kappa shape index (κ3) is 5.49. The lowest BCUT2D eigenvalue weighted by Crippen LogP contribution is -2.27. The summed E-state index contributed by atoms with van der Waals surface area (Å²) < 4.78 is 58.8. The minimum atomic E-state index is -3.73. The van der Waals surface area contributed by atoms with E-state index in [1.165, 1.54) is 52.8 Å². The Morgan fingerprint density at radius 1 is 0.909 bits per heavy atom. The zero-order valence-corrected chi connectivity index (χ0v) is 19.4. The normalized spacial score (nSPS) is 17.1. The molecule has 0 atom stereocenters. The second-order valence-corrected chi connectivity index (χ2v) is 11.7. The van der Waals surface area contributed by atoms with Crippen molar-refractivity contribution in [3.63, 3.8) is 0 Å². The lowest BCUT2D eigenvalue weighted by atomic mass is 10.1. The molecule has 0 bridgehead atoms. The van der Waals surface area contributed by atoms with Crippen molar-refractivity contribution in [1.82, 2.24) is 9.03 Å². The number of nitrogens with zero attached hydrogens (tertiary/aromatic N) is 1. The number of Topliss-reactive ketones (excluding diaryl/α,β-unsaturated/α-hetero) is 1. The SMILES string of the molecule is O=C(COC(=O)c1cccc(S(=O)(=O)NC2CC2)c1)c1ccc(S(=O)(=O)N2CCCC2)cc1. The molecule has 0 radical (unpaired) electrons. The van der Waals surface area contributed by atoms with Gasteiger partial charge in [0.2, 0.25) is 20.0 Å². The summed E-state index contributed by atoms with van der Waals surface area (Å²) in [7, 11) is -7.31. The summed E-state index contributed by atoms with van der Waals surface area (Å²) in [5.41, 5.74) is 0.210. The van der Waals surface area contributed by atoms with Crippen molar-refractivity contribution in [3.05, 3.63) is 59.7 Å². The fraction of sp³-hybridized carbons (Fsp3) is 0.364. The van der Waals surface area contributed by atoms with Gasteiger partial charge in [0, 0.05) is 24.7 Å². The summed E-state index contributed by atoms with van der Waals surface area (Å²) in [5.74, 6) is -1.34. The van der Waals surface area contributed by atoms with Crippen LogP contribution in [0.25, 0.3) is 0 Å². The van der Waals surface area contributed by atoms with Crippen molar-refractivity contribution in [1.29, 1.82) is 0 Å². The highest BCUT2D eigenvalue weighted by atomic mass is 32.2. The van der Waals surface area contributed by atoms with Crippen LogP contribution in [0.2, 0.25) is 0 Å². The van der Waals surface area contributed by atoms with Crippen molar-refractivity contribution in [2.24, 2.45) is 0 Å². The number of nitrogens with one attached hydrogen (secondary N) is 1. The molecule has 1 heterocycles.